The number of nitrogens with one attached hydrogen (secondary N) is 1. The molecule has 0 unspecified atom stereocenters. The number of para-hydroxylation sites is 1. The Morgan fingerprint density at radius 1 is 1.12 bits per heavy atom. The number of tetrazole rings is 1. The second-order valence-corrected chi connectivity index (χ2v) is 6.41. The normalized spacial score (nSPS) is 10.8. The molecule has 1 aromatic carbocycles. The summed E-state index contributed by atoms with van der Waals surface area (Å²) >= 11 is 1.38. The van der Waals surface area contributed by atoms with Gasteiger partial charge in [0, 0.05) is 5.69 Å². The van der Waals surface area contributed by atoms with Gasteiger partial charge in [-0.3, -0.25) is 4.79 Å². The Morgan fingerprint density at radius 3 is 2.44 bits per heavy atom. The third-order valence-corrected chi connectivity index (χ3v) is 4.75. The maximum atomic E-state index is 12.4. The zero-order valence-corrected chi connectivity index (χ0v) is 14.9. The first-order valence-electron chi connectivity index (χ1n) is 8.11. The number of hydrogen-bond acceptors (Lipinski definition) is 5. The highest BCUT2D eigenvalue weighted by molar-refractivity contribution is 7.12. The van der Waals surface area contributed by atoms with Gasteiger partial charge >= 0.3 is 5.69 Å². The summed E-state index contributed by atoms with van der Waals surface area (Å²) in [5.74, 6) is -0.295. The van der Waals surface area contributed by atoms with Crippen LogP contribution >= 0.6 is 11.3 Å². The highest BCUT2D eigenvalue weighted by Crippen LogP contribution is 2.22. The van der Waals surface area contributed by atoms with Crippen LogP contribution in [-0.4, -0.2) is 25.7 Å². The zero-order valence-electron chi connectivity index (χ0n) is 14.1. The van der Waals surface area contributed by atoms with Crippen LogP contribution in [0.3, 0.4) is 0 Å². The molecular weight excluding hydrogens is 338 g/mol. The standard InChI is InChI=1S/C17H19N5O2S/c1-3-12-7-5-8-13(4-2)16(12)18-14(23)11-21-17(24)22(20-19-21)15-9-6-10-25-15/h5-10H,3-4,11H2,1-2H3,(H,18,23). The molecule has 0 aliphatic rings. The third-order valence-electron chi connectivity index (χ3n) is 3.91. The molecule has 7 nitrogen and oxygen atoms in total. The molecule has 0 bridgehead atoms. The summed E-state index contributed by atoms with van der Waals surface area (Å²) in [4.78, 5) is 24.7. The van der Waals surface area contributed by atoms with Gasteiger partial charge in [-0.15, -0.1) is 11.3 Å². The molecule has 0 saturated heterocycles. The van der Waals surface area contributed by atoms with Crippen molar-refractivity contribution < 1.29 is 4.79 Å². The van der Waals surface area contributed by atoms with E-state index >= 15 is 0 Å². The van der Waals surface area contributed by atoms with Crippen molar-refractivity contribution in [2.24, 2.45) is 0 Å². The quantitative estimate of drug-likeness (QED) is 0.734. The van der Waals surface area contributed by atoms with Gasteiger partial charge in [-0.2, -0.15) is 9.36 Å². The summed E-state index contributed by atoms with van der Waals surface area (Å²) < 4.78 is 2.25. The highest BCUT2D eigenvalue weighted by atomic mass is 32.1. The number of benzene rings is 1. The molecule has 3 rings (SSSR count). The van der Waals surface area contributed by atoms with Crippen molar-refractivity contribution >= 4 is 22.9 Å². The second-order valence-electron chi connectivity index (χ2n) is 5.49. The van der Waals surface area contributed by atoms with Crippen LogP contribution in [0.4, 0.5) is 5.69 Å². The van der Waals surface area contributed by atoms with Gasteiger partial charge in [0.1, 0.15) is 11.5 Å². The minimum absolute atomic E-state index is 0.175. The van der Waals surface area contributed by atoms with Crippen molar-refractivity contribution in [1.82, 2.24) is 19.8 Å². The van der Waals surface area contributed by atoms with E-state index in [2.05, 4.69) is 15.7 Å². The van der Waals surface area contributed by atoms with E-state index in [9.17, 15) is 9.59 Å². The Labute approximate surface area is 148 Å². The summed E-state index contributed by atoms with van der Waals surface area (Å²) in [5, 5.41) is 13.1. The number of aromatic nitrogens is 4. The summed E-state index contributed by atoms with van der Waals surface area (Å²) in [5.41, 5.74) is 2.54. The fraction of sp³-hybridized carbons (Fsp3) is 0.294. The predicted octanol–water partition coefficient (Wildman–Crippen LogP) is 2.25. The second kappa shape index (κ2) is 7.43. The smallest absolute Gasteiger partial charge is 0.324 e. The number of nitrogens with zero attached hydrogens (tertiary/aromatic N) is 4. The Hall–Kier alpha value is -2.74. The zero-order chi connectivity index (χ0) is 17.8. The van der Waals surface area contributed by atoms with Crippen LogP contribution < -0.4 is 11.0 Å². The lowest BCUT2D eigenvalue weighted by molar-refractivity contribution is -0.117. The minimum atomic E-state index is -0.433. The number of amides is 1. The van der Waals surface area contributed by atoms with Crippen LogP contribution in [0.5, 0.6) is 0 Å². The molecule has 2 aromatic heterocycles. The molecular formula is C17H19N5O2S. The van der Waals surface area contributed by atoms with E-state index in [1.54, 1.807) is 6.07 Å². The Morgan fingerprint density at radius 2 is 1.84 bits per heavy atom. The molecule has 0 fully saturated rings. The highest BCUT2D eigenvalue weighted by Gasteiger charge is 2.15. The molecule has 3 aromatic rings. The van der Waals surface area contributed by atoms with Crippen LogP contribution in [0.15, 0.2) is 40.5 Å². The first kappa shape index (κ1) is 17.1. The topological polar surface area (TPSA) is 81.8 Å². The van der Waals surface area contributed by atoms with Crippen molar-refractivity contribution in [1.29, 1.82) is 0 Å². The lowest BCUT2D eigenvalue weighted by atomic mass is 10.0. The molecule has 0 aliphatic carbocycles. The van der Waals surface area contributed by atoms with Gasteiger partial charge in [0.15, 0.2) is 0 Å². The molecule has 1 N–H and O–H groups in total. The van der Waals surface area contributed by atoms with Gasteiger partial charge in [0.05, 0.1) is 0 Å². The van der Waals surface area contributed by atoms with Gasteiger partial charge in [0.2, 0.25) is 5.91 Å². The van der Waals surface area contributed by atoms with E-state index in [0.717, 1.165) is 34.3 Å². The number of aryl methyl sites for hydroxylation is 2. The third kappa shape index (κ3) is 3.53. The van der Waals surface area contributed by atoms with Crippen molar-refractivity contribution in [3.63, 3.8) is 0 Å². The Kier molecular flexibility index (Phi) is 5.08. The molecule has 0 atom stereocenters. The Balaban J connectivity index is 1.80. The van der Waals surface area contributed by atoms with Crippen molar-refractivity contribution in [2.75, 3.05) is 5.32 Å². The summed E-state index contributed by atoms with van der Waals surface area (Å²) in [6.45, 7) is 3.91. The van der Waals surface area contributed by atoms with Crippen molar-refractivity contribution in [3.8, 4) is 5.00 Å². The van der Waals surface area contributed by atoms with E-state index in [4.69, 9.17) is 0 Å². The van der Waals surface area contributed by atoms with E-state index in [-0.39, 0.29) is 12.5 Å². The number of thiophene rings is 1. The van der Waals surface area contributed by atoms with E-state index in [0.29, 0.717) is 5.00 Å². The first-order chi connectivity index (χ1) is 12.1. The van der Waals surface area contributed by atoms with E-state index < -0.39 is 5.69 Å². The van der Waals surface area contributed by atoms with Gasteiger partial charge in [-0.25, -0.2) is 4.79 Å². The van der Waals surface area contributed by atoms with Crippen molar-refractivity contribution in [3.05, 3.63) is 57.3 Å². The first-order valence-corrected chi connectivity index (χ1v) is 8.99. The average molecular weight is 357 g/mol. The lowest BCUT2D eigenvalue weighted by Crippen LogP contribution is -2.30. The fourth-order valence-electron chi connectivity index (χ4n) is 2.62. The van der Waals surface area contributed by atoms with Crippen LogP contribution in [-0.2, 0) is 24.2 Å². The number of carbonyl (C=O) groups is 1. The van der Waals surface area contributed by atoms with Crippen LogP contribution in [0.2, 0.25) is 0 Å². The maximum Gasteiger partial charge on any atom is 0.369 e. The predicted molar refractivity (Wildman–Crippen MR) is 97.3 cm³/mol. The monoisotopic (exact) mass is 357 g/mol. The maximum absolute atomic E-state index is 12.4. The molecule has 0 saturated carbocycles. The molecule has 130 valence electrons. The molecule has 25 heavy (non-hydrogen) atoms. The summed E-state index contributed by atoms with van der Waals surface area (Å²) in [7, 11) is 0. The van der Waals surface area contributed by atoms with E-state index in [1.165, 1.54) is 16.0 Å². The largest absolute Gasteiger partial charge is 0.369 e. The Bertz CT molecular complexity index is 905. The molecule has 0 radical (unpaired) electrons. The molecule has 0 aliphatic heterocycles. The van der Waals surface area contributed by atoms with Crippen molar-refractivity contribution in [2.45, 2.75) is 33.2 Å². The molecule has 0 spiro atoms. The summed E-state index contributed by atoms with van der Waals surface area (Å²) in [6, 6.07) is 9.58. The van der Waals surface area contributed by atoms with Crippen LogP contribution in [0, 0.1) is 0 Å². The van der Waals surface area contributed by atoms with Gasteiger partial charge in [-0.05, 0) is 51.9 Å². The average Bonchev–Trinajstić information content (AvgIpc) is 3.25. The number of carbonyl (C=O) groups excluding carboxylic acids is 1. The minimum Gasteiger partial charge on any atom is -0.324 e. The van der Waals surface area contributed by atoms with Gasteiger partial charge in [-0.1, -0.05) is 32.0 Å². The molecule has 2 heterocycles. The summed E-state index contributed by atoms with van der Waals surface area (Å²) in [6.07, 6.45) is 1.63. The van der Waals surface area contributed by atoms with Crippen LogP contribution in [0.25, 0.3) is 5.00 Å². The number of rotatable bonds is 6. The molecule has 1 amide bonds. The SMILES string of the molecule is CCc1cccc(CC)c1NC(=O)Cn1nnn(-c2cccs2)c1=O. The van der Waals surface area contributed by atoms with E-state index in [1.807, 2.05) is 43.5 Å². The molecule has 8 heteroatoms. The van der Waals surface area contributed by atoms with Crippen LogP contribution in [0.1, 0.15) is 25.0 Å². The lowest BCUT2D eigenvalue weighted by Gasteiger charge is -2.14. The number of hydrogen-bond donors (Lipinski definition) is 1. The number of anilines is 1. The van der Waals surface area contributed by atoms with Gasteiger partial charge < -0.3 is 5.32 Å². The fourth-order valence-corrected chi connectivity index (χ4v) is 3.29. The van der Waals surface area contributed by atoms with Gasteiger partial charge in [0.25, 0.3) is 0 Å².